The number of nitrogens with one attached hydrogen (secondary N) is 1. The maximum atomic E-state index is 12.6. The van der Waals surface area contributed by atoms with Crippen LogP contribution < -0.4 is 40.0 Å². The first kappa shape index (κ1) is 24.3. The van der Waals surface area contributed by atoms with Crippen molar-refractivity contribution in [1.82, 2.24) is 15.1 Å². The van der Waals surface area contributed by atoms with E-state index in [1.165, 1.54) is 0 Å². The van der Waals surface area contributed by atoms with Crippen molar-refractivity contribution in [2.24, 2.45) is 5.41 Å². The standard InChI is InChI=1S/C20H33N3O5.Na/c1-18(2,3)28-17(27)22-11-9-20(10-12-22)13-23(16(26)21-20)14-5-7-19(4,8-6-14)15(24)25;/h14H,5-13H2,1-4H3,(H,21,26)(H,24,25);/q;+1/p-1. The van der Waals surface area contributed by atoms with Crippen molar-refractivity contribution < 1.29 is 53.8 Å². The van der Waals surface area contributed by atoms with Gasteiger partial charge in [-0.15, -0.1) is 0 Å². The van der Waals surface area contributed by atoms with E-state index in [0.29, 0.717) is 58.2 Å². The van der Waals surface area contributed by atoms with Gasteiger partial charge in [0.25, 0.3) is 0 Å². The summed E-state index contributed by atoms with van der Waals surface area (Å²) in [5.74, 6) is -0.997. The van der Waals surface area contributed by atoms with Crippen molar-refractivity contribution >= 4 is 18.1 Å². The van der Waals surface area contributed by atoms with E-state index in [1.54, 1.807) is 11.8 Å². The van der Waals surface area contributed by atoms with Crippen LogP contribution in [0.15, 0.2) is 0 Å². The maximum Gasteiger partial charge on any atom is 1.00 e. The molecule has 0 aromatic carbocycles. The molecule has 158 valence electrons. The molecule has 3 amide bonds. The number of hydrogen-bond acceptors (Lipinski definition) is 5. The molecule has 1 saturated carbocycles. The van der Waals surface area contributed by atoms with Gasteiger partial charge in [-0.05, 0) is 59.3 Å². The van der Waals surface area contributed by atoms with E-state index in [4.69, 9.17) is 4.74 Å². The van der Waals surface area contributed by atoms with E-state index >= 15 is 0 Å². The van der Waals surface area contributed by atoms with Crippen LogP contribution in [0.1, 0.15) is 66.2 Å². The molecule has 1 aliphatic carbocycles. The first-order valence-corrected chi connectivity index (χ1v) is 10.2. The molecule has 8 nitrogen and oxygen atoms in total. The summed E-state index contributed by atoms with van der Waals surface area (Å²) in [6.07, 6.45) is 3.50. The number of nitrogens with zero attached hydrogens (tertiary/aromatic N) is 2. The first-order valence-electron chi connectivity index (χ1n) is 10.2. The number of carbonyl (C=O) groups is 3. The molecule has 0 radical (unpaired) electrons. The van der Waals surface area contributed by atoms with Crippen LogP contribution in [0.5, 0.6) is 0 Å². The van der Waals surface area contributed by atoms with Gasteiger partial charge in [-0.25, -0.2) is 9.59 Å². The van der Waals surface area contributed by atoms with Gasteiger partial charge in [-0.3, -0.25) is 0 Å². The van der Waals surface area contributed by atoms with Crippen LogP contribution in [0.4, 0.5) is 9.59 Å². The van der Waals surface area contributed by atoms with Crippen molar-refractivity contribution in [1.29, 1.82) is 0 Å². The molecule has 3 fully saturated rings. The third-order valence-electron chi connectivity index (χ3n) is 6.47. The summed E-state index contributed by atoms with van der Waals surface area (Å²) in [6.45, 7) is 8.99. The molecule has 3 rings (SSSR count). The van der Waals surface area contributed by atoms with Crippen LogP contribution in [0.3, 0.4) is 0 Å². The monoisotopic (exact) mass is 417 g/mol. The molecule has 0 atom stereocenters. The number of rotatable bonds is 2. The van der Waals surface area contributed by atoms with Crippen molar-refractivity contribution in [3.8, 4) is 0 Å². The largest absolute Gasteiger partial charge is 1.00 e. The Hall–Kier alpha value is -0.990. The van der Waals surface area contributed by atoms with Crippen LogP contribution in [0.25, 0.3) is 0 Å². The zero-order chi connectivity index (χ0) is 20.7. The second-order valence-electron chi connectivity index (χ2n) is 9.89. The number of likely N-dealkylation sites (tertiary alicyclic amines) is 1. The molecule has 2 saturated heterocycles. The zero-order valence-electron chi connectivity index (χ0n) is 18.4. The molecule has 9 heteroatoms. The molecular weight excluding hydrogens is 385 g/mol. The van der Waals surface area contributed by atoms with E-state index < -0.39 is 17.0 Å². The Labute approximate surface area is 195 Å². The van der Waals surface area contributed by atoms with Gasteiger partial charge in [0.1, 0.15) is 5.60 Å². The maximum absolute atomic E-state index is 12.6. The van der Waals surface area contributed by atoms with Crippen molar-refractivity contribution in [2.45, 2.75) is 83.4 Å². The van der Waals surface area contributed by atoms with E-state index in [0.717, 1.165) is 0 Å². The van der Waals surface area contributed by atoms with Gasteiger partial charge in [-0.2, -0.15) is 0 Å². The zero-order valence-corrected chi connectivity index (χ0v) is 20.4. The van der Waals surface area contributed by atoms with Crippen LogP contribution in [0.2, 0.25) is 0 Å². The Morgan fingerprint density at radius 1 is 1.14 bits per heavy atom. The average Bonchev–Trinajstić information content (AvgIpc) is 2.90. The van der Waals surface area contributed by atoms with Crippen molar-refractivity contribution in [3.63, 3.8) is 0 Å². The van der Waals surface area contributed by atoms with Gasteiger partial charge in [0, 0.05) is 37.1 Å². The summed E-state index contributed by atoms with van der Waals surface area (Å²) >= 11 is 0. The van der Waals surface area contributed by atoms with Crippen LogP contribution in [-0.2, 0) is 9.53 Å². The second kappa shape index (κ2) is 8.63. The molecule has 29 heavy (non-hydrogen) atoms. The normalized spacial score (nSPS) is 29.2. The van der Waals surface area contributed by atoms with Gasteiger partial charge >= 0.3 is 41.7 Å². The van der Waals surface area contributed by atoms with Crippen molar-refractivity contribution in [2.75, 3.05) is 19.6 Å². The minimum absolute atomic E-state index is 0. The van der Waals surface area contributed by atoms with Gasteiger partial charge in [0.15, 0.2) is 0 Å². The SMILES string of the molecule is CC(C)(C)OC(=O)N1CCC2(CC1)CN(C1CCC(C)(C(=O)[O-])CC1)C(=O)N2.[Na+]. The van der Waals surface area contributed by atoms with Crippen LogP contribution in [-0.4, -0.2) is 64.7 Å². The Morgan fingerprint density at radius 2 is 1.69 bits per heavy atom. The molecule has 1 N–H and O–H groups in total. The Morgan fingerprint density at radius 3 is 2.17 bits per heavy atom. The van der Waals surface area contributed by atoms with Crippen molar-refractivity contribution in [3.05, 3.63) is 0 Å². The molecule has 1 spiro atoms. The minimum atomic E-state index is -0.997. The number of urea groups is 1. The van der Waals surface area contributed by atoms with Crippen LogP contribution >= 0.6 is 0 Å². The fraction of sp³-hybridized carbons (Fsp3) is 0.850. The number of ether oxygens (including phenoxy) is 1. The fourth-order valence-electron chi connectivity index (χ4n) is 4.51. The molecule has 0 aromatic heterocycles. The van der Waals surface area contributed by atoms with E-state index in [2.05, 4.69) is 5.32 Å². The third-order valence-corrected chi connectivity index (χ3v) is 6.47. The van der Waals surface area contributed by atoms with E-state index in [9.17, 15) is 19.5 Å². The van der Waals surface area contributed by atoms with Crippen LogP contribution in [0, 0.1) is 5.41 Å². The molecule has 3 aliphatic rings. The summed E-state index contributed by atoms with van der Waals surface area (Å²) in [5, 5.41) is 14.5. The summed E-state index contributed by atoms with van der Waals surface area (Å²) < 4.78 is 5.44. The Balaban J connectivity index is 0.00000300. The topological polar surface area (TPSA) is 102 Å². The summed E-state index contributed by atoms with van der Waals surface area (Å²) in [4.78, 5) is 39.8. The van der Waals surface area contributed by atoms with Gasteiger partial charge in [0.05, 0.1) is 5.54 Å². The number of carbonyl (C=O) groups excluding carboxylic acids is 3. The molecule has 2 aliphatic heterocycles. The van der Waals surface area contributed by atoms with Gasteiger partial charge in [0.2, 0.25) is 0 Å². The summed E-state index contributed by atoms with van der Waals surface area (Å²) in [5.41, 5.74) is -1.63. The summed E-state index contributed by atoms with van der Waals surface area (Å²) in [7, 11) is 0. The smallest absolute Gasteiger partial charge is 0.550 e. The molecule has 0 unspecified atom stereocenters. The molecule has 2 heterocycles. The number of amides is 3. The predicted octanol–water partition coefficient (Wildman–Crippen LogP) is -1.52. The van der Waals surface area contributed by atoms with E-state index in [-0.39, 0.29) is 53.3 Å². The number of piperidine rings is 1. The van der Waals surface area contributed by atoms with Gasteiger partial charge in [-0.1, -0.05) is 6.92 Å². The van der Waals surface area contributed by atoms with Gasteiger partial charge < -0.3 is 29.8 Å². The first-order chi connectivity index (χ1) is 12.9. The summed E-state index contributed by atoms with van der Waals surface area (Å²) in [6, 6.07) is -0.0107. The predicted molar refractivity (Wildman–Crippen MR) is 100 cm³/mol. The number of carboxylic acids is 1. The number of carboxylic acid groups (broad SMARTS) is 1. The quantitative estimate of drug-likeness (QED) is 0.550. The minimum Gasteiger partial charge on any atom is -0.550 e. The Bertz CT molecular complexity index is 647. The molecule has 0 bridgehead atoms. The van der Waals surface area contributed by atoms with E-state index in [1.807, 2.05) is 25.7 Å². The molecule has 0 aromatic rings. The second-order valence-corrected chi connectivity index (χ2v) is 9.89. The molecular formula is C20H32N3NaO5. The number of aliphatic carboxylic acids is 1. The average molecular weight is 417 g/mol. The fourth-order valence-corrected chi connectivity index (χ4v) is 4.51. The third kappa shape index (κ3) is 5.39. The Kier molecular flexibility index (Phi) is 7.23. The number of hydrogen-bond donors (Lipinski definition) is 1.